The van der Waals surface area contributed by atoms with Crippen LogP contribution in [-0.2, 0) is 16.1 Å². The van der Waals surface area contributed by atoms with Crippen molar-refractivity contribution in [2.45, 2.75) is 31.6 Å². The van der Waals surface area contributed by atoms with Crippen molar-refractivity contribution in [1.29, 1.82) is 0 Å². The van der Waals surface area contributed by atoms with Crippen LogP contribution in [-0.4, -0.2) is 36.6 Å². The van der Waals surface area contributed by atoms with Gasteiger partial charge >= 0.3 is 0 Å². The average molecular weight is 364 g/mol. The van der Waals surface area contributed by atoms with Gasteiger partial charge in [-0.25, -0.2) is 0 Å². The minimum atomic E-state index is -0.325. The van der Waals surface area contributed by atoms with Crippen molar-refractivity contribution in [3.63, 3.8) is 0 Å². The predicted octanol–water partition coefficient (Wildman–Crippen LogP) is 2.34. The second-order valence-electron chi connectivity index (χ2n) is 4.88. The highest BCUT2D eigenvalue weighted by molar-refractivity contribution is 9.10. The lowest BCUT2D eigenvalue weighted by Crippen LogP contribution is -2.36. The molecular formula is C14H20BrClN2O2. The van der Waals surface area contributed by atoms with E-state index in [9.17, 15) is 4.79 Å². The quantitative estimate of drug-likeness (QED) is 0.893. The van der Waals surface area contributed by atoms with Crippen LogP contribution in [0.15, 0.2) is 28.7 Å². The molecule has 1 fully saturated rings. The van der Waals surface area contributed by atoms with Crippen LogP contribution in [0.4, 0.5) is 0 Å². The topological polar surface area (TPSA) is 55.6 Å². The fraction of sp³-hybridized carbons (Fsp3) is 0.500. The lowest BCUT2D eigenvalue weighted by atomic mass is 10.1. The largest absolute Gasteiger partial charge is 0.364 e. The Kier molecular flexibility index (Phi) is 6.95. The Labute approximate surface area is 134 Å². The molecule has 0 unspecified atom stereocenters. The van der Waals surface area contributed by atoms with Crippen LogP contribution in [0.2, 0.25) is 0 Å². The molecule has 1 aromatic carbocycles. The average Bonchev–Trinajstić information content (AvgIpc) is 2.89. The predicted molar refractivity (Wildman–Crippen MR) is 84.8 cm³/mol. The summed E-state index contributed by atoms with van der Waals surface area (Å²) >= 11 is 3.40. The standard InChI is InChI=1S/C14H19BrN2O2.ClH/c1-17(9-10-2-4-11(15)5-3-10)14(18)13-7-6-12(8-16)19-13;/h2-5,12-13H,6-9,16H2,1H3;1H/t12-,13+;/m1./s1. The minimum Gasteiger partial charge on any atom is -0.364 e. The number of hydrogen-bond donors (Lipinski definition) is 1. The van der Waals surface area contributed by atoms with Gasteiger partial charge in [0.1, 0.15) is 6.10 Å². The molecule has 0 saturated carbocycles. The first kappa shape index (κ1) is 17.4. The molecule has 2 N–H and O–H groups in total. The molecule has 0 aliphatic carbocycles. The highest BCUT2D eigenvalue weighted by Crippen LogP contribution is 2.21. The number of likely N-dealkylation sites (N-methyl/N-ethyl adjacent to an activating group) is 1. The molecule has 2 atom stereocenters. The molecule has 0 bridgehead atoms. The summed E-state index contributed by atoms with van der Waals surface area (Å²) in [4.78, 5) is 13.9. The lowest BCUT2D eigenvalue weighted by molar-refractivity contribution is -0.141. The van der Waals surface area contributed by atoms with Gasteiger partial charge in [-0.1, -0.05) is 28.1 Å². The summed E-state index contributed by atoms with van der Waals surface area (Å²) in [6.07, 6.45) is 1.36. The number of carbonyl (C=O) groups is 1. The maximum absolute atomic E-state index is 12.2. The van der Waals surface area contributed by atoms with Gasteiger partial charge in [-0.3, -0.25) is 4.79 Å². The van der Waals surface area contributed by atoms with E-state index in [4.69, 9.17) is 10.5 Å². The van der Waals surface area contributed by atoms with Crippen LogP contribution < -0.4 is 5.73 Å². The summed E-state index contributed by atoms with van der Waals surface area (Å²) < 4.78 is 6.66. The first-order valence-electron chi connectivity index (χ1n) is 6.45. The van der Waals surface area contributed by atoms with Gasteiger partial charge < -0.3 is 15.4 Å². The lowest BCUT2D eigenvalue weighted by Gasteiger charge is -2.21. The summed E-state index contributed by atoms with van der Waals surface area (Å²) in [7, 11) is 1.81. The Morgan fingerprint density at radius 3 is 2.60 bits per heavy atom. The Bertz CT molecular complexity index is 441. The zero-order chi connectivity index (χ0) is 13.8. The first-order chi connectivity index (χ1) is 9.10. The summed E-state index contributed by atoms with van der Waals surface area (Å²) in [6.45, 7) is 1.08. The van der Waals surface area contributed by atoms with Gasteiger partial charge in [0.15, 0.2) is 0 Å². The Morgan fingerprint density at radius 1 is 1.40 bits per heavy atom. The zero-order valence-corrected chi connectivity index (χ0v) is 13.8. The third-order valence-electron chi connectivity index (χ3n) is 3.36. The molecule has 1 aromatic rings. The number of hydrogen-bond acceptors (Lipinski definition) is 3. The molecule has 20 heavy (non-hydrogen) atoms. The molecule has 112 valence electrons. The first-order valence-corrected chi connectivity index (χ1v) is 7.24. The highest BCUT2D eigenvalue weighted by Gasteiger charge is 2.31. The SMILES string of the molecule is CN(Cc1ccc(Br)cc1)C(=O)[C@@H]1CC[C@H](CN)O1.Cl. The molecule has 2 rings (SSSR count). The van der Waals surface area contributed by atoms with Crippen molar-refractivity contribution in [2.24, 2.45) is 5.73 Å². The van der Waals surface area contributed by atoms with Gasteiger partial charge in [-0.15, -0.1) is 12.4 Å². The fourth-order valence-corrected chi connectivity index (χ4v) is 2.51. The maximum Gasteiger partial charge on any atom is 0.251 e. The van der Waals surface area contributed by atoms with Crippen molar-refractivity contribution >= 4 is 34.2 Å². The van der Waals surface area contributed by atoms with Gasteiger partial charge in [0.2, 0.25) is 0 Å². The van der Waals surface area contributed by atoms with Crippen LogP contribution in [0.5, 0.6) is 0 Å². The number of rotatable bonds is 4. The van der Waals surface area contributed by atoms with E-state index in [1.54, 1.807) is 4.90 Å². The van der Waals surface area contributed by atoms with E-state index < -0.39 is 0 Å². The number of halogens is 2. The zero-order valence-electron chi connectivity index (χ0n) is 11.4. The molecule has 1 aliphatic rings. The summed E-state index contributed by atoms with van der Waals surface area (Å²) in [6, 6.07) is 7.96. The number of ether oxygens (including phenoxy) is 1. The minimum absolute atomic E-state index is 0. The van der Waals surface area contributed by atoms with E-state index in [1.165, 1.54) is 0 Å². The van der Waals surface area contributed by atoms with Crippen molar-refractivity contribution in [3.05, 3.63) is 34.3 Å². The van der Waals surface area contributed by atoms with Crippen LogP contribution in [0.3, 0.4) is 0 Å². The van der Waals surface area contributed by atoms with Gasteiger partial charge in [-0.05, 0) is 30.5 Å². The van der Waals surface area contributed by atoms with E-state index in [-0.39, 0.29) is 30.5 Å². The molecule has 1 heterocycles. The molecule has 0 radical (unpaired) electrons. The molecular weight excluding hydrogens is 344 g/mol. The van der Waals surface area contributed by atoms with E-state index in [2.05, 4.69) is 15.9 Å². The second-order valence-corrected chi connectivity index (χ2v) is 5.80. The molecule has 0 aromatic heterocycles. The second kappa shape index (κ2) is 7.98. The number of amides is 1. The molecule has 1 aliphatic heterocycles. The third kappa shape index (κ3) is 4.45. The third-order valence-corrected chi connectivity index (χ3v) is 3.88. The van der Waals surface area contributed by atoms with E-state index in [0.717, 1.165) is 22.9 Å². The van der Waals surface area contributed by atoms with Gasteiger partial charge in [0, 0.05) is 24.6 Å². The molecule has 0 spiro atoms. The van der Waals surface area contributed by atoms with Crippen LogP contribution in [0, 0.1) is 0 Å². The maximum atomic E-state index is 12.2. The summed E-state index contributed by atoms with van der Waals surface area (Å²) in [5.41, 5.74) is 6.66. The van der Waals surface area contributed by atoms with Crippen molar-refractivity contribution in [2.75, 3.05) is 13.6 Å². The Morgan fingerprint density at radius 2 is 2.05 bits per heavy atom. The number of nitrogens with zero attached hydrogens (tertiary/aromatic N) is 1. The smallest absolute Gasteiger partial charge is 0.251 e. The molecule has 1 saturated heterocycles. The van der Waals surface area contributed by atoms with Crippen LogP contribution in [0.25, 0.3) is 0 Å². The number of nitrogens with two attached hydrogens (primary N) is 1. The van der Waals surface area contributed by atoms with Crippen LogP contribution in [0.1, 0.15) is 18.4 Å². The van der Waals surface area contributed by atoms with E-state index in [0.29, 0.717) is 13.1 Å². The molecule has 4 nitrogen and oxygen atoms in total. The van der Waals surface area contributed by atoms with Crippen molar-refractivity contribution in [1.82, 2.24) is 4.90 Å². The van der Waals surface area contributed by atoms with Gasteiger partial charge in [0.05, 0.1) is 6.10 Å². The molecule has 1 amide bonds. The van der Waals surface area contributed by atoms with E-state index in [1.807, 2.05) is 31.3 Å². The Hall–Kier alpha value is -0.620. The normalized spacial score (nSPS) is 21.4. The summed E-state index contributed by atoms with van der Waals surface area (Å²) in [5.74, 6) is 0.0406. The molecule has 6 heteroatoms. The van der Waals surface area contributed by atoms with Crippen molar-refractivity contribution < 1.29 is 9.53 Å². The summed E-state index contributed by atoms with van der Waals surface area (Å²) in [5, 5.41) is 0. The monoisotopic (exact) mass is 362 g/mol. The van der Waals surface area contributed by atoms with Gasteiger partial charge in [-0.2, -0.15) is 0 Å². The van der Waals surface area contributed by atoms with E-state index >= 15 is 0 Å². The number of carbonyl (C=O) groups excluding carboxylic acids is 1. The Balaban J connectivity index is 0.00000200. The van der Waals surface area contributed by atoms with Gasteiger partial charge in [0.25, 0.3) is 5.91 Å². The highest BCUT2D eigenvalue weighted by atomic mass is 79.9. The fourth-order valence-electron chi connectivity index (χ4n) is 2.25. The number of benzene rings is 1. The van der Waals surface area contributed by atoms with Crippen molar-refractivity contribution in [3.8, 4) is 0 Å². The van der Waals surface area contributed by atoms with Crippen LogP contribution >= 0.6 is 28.3 Å².